The molecule has 106 valence electrons. The van der Waals surface area contributed by atoms with Crippen LogP contribution in [0.4, 0.5) is 0 Å². The van der Waals surface area contributed by atoms with Gasteiger partial charge in [-0.05, 0) is 25.3 Å². The normalized spacial score (nSPS) is 16.9. The molecule has 2 aromatic rings. The number of aromatic nitrogens is 3. The zero-order chi connectivity index (χ0) is 13.9. The third kappa shape index (κ3) is 2.82. The standard InChI is InChI=1S/C13H15ClN4O2/c14-10-6-16-5-4-9(10)13-17-12(18-20-13)11(15)7-19-8-2-1-3-8/h4-6,8,11H,1-3,7,15H2. The van der Waals surface area contributed by atoms with Gasteiger partial charge in [0.2, 0.25) is 0 Å². The molecule has 3 rings (SSSR count). The zero-order valence-corrected chi connectivity index (χ0v) is 11.6. The minimum absolute atomic E-state index is 0.335. The van der Waals surface area contributed by atoms with Crippen LogP contribution in [-0.4, -0.2) is 27.8 Å². The molecule has 0 spiro atoms. The van der Waals surface area contributed by atoms with Crippen molar-refractivity contribution in [1.29, 1.82) is 0 Å². The third-order valence-corrected chi connectivity index (χ3v) is 3.64. The summed E-state index contributed by atoms with van der Waals surface area (Å²) in [6.45, 7) is 0.397. The lowest BCUT2D eigenvalue weighted by atomic mass is 9.96. The van der Waals surface area contributed by atoms with Gasteiger partial charge in [0.1, 0.15) is 0 Å². The van der Waals surface area contributed by atoms with E-state index in [4.69, 9.17) is 26.6 Å². The summed E-state index contributed by atoms with van der Waals surface area (Å²) in [5.41, 5.74) is 6.64. The summed E-state index contributed by atoms with van der Waals surface area (Å²) in [6, 6.07) is 1.32. The summed E-state index contributed by atoms with van der Waals surface area (Å²) >= 11 is 6.03. The minimum Gasteiger partial charge on any atom is -0.376 e. The molecular weight excluding hydrogens is 280 g/mol. The number of hydrogen-bond donors (Lipinski definition) is 1. The van der Waals surface area contributed by atoms with Crippen molar-refractivity contribution >= 4 is 11.6 Å². The molecule has 2 heterocycles. The summed E-state index contributed by atoms with van der Waals surface area (Å²) in [4.78, 5) is 8.18. The first-order valence-electron chi connectivity index (χ1n) is 6.54. The Labute approximate surface area is 121 Å². The smallest absolute Gasteiger partial charge is 0.259 e. The van der Waals surface area contributed by atoms with Crippen molar-refractivity contribution in [2.75, 3.05) is 6.61 Å². The average Bonchev–Trinajstić information content (AvgIpc) is 2.87. The lowest BCUT2D eigenvalue weighted by Gasteiger charge is -2.26. The second-order valence-electron chi connectivity index (χ2n) is 4.81. The quantitative estimate of drug-likeness (QED) is 0.911. The largest absolute Gasteiger partial charge is 0.376 e. The number of halogens is 1. The Bertz CT molecular complexity index is 585. The summed E-state index contributed by atoms with van der Waals surface area (Å²) < 4.78 is 10.8. The van der Waals surface area contributed by atoms with Gasteiger partial charge in [0.05, 0.1) is 29.3 Å². The molecule has 1 fully saturated rings. The maximum Gasteiger partial charge on any atom is 0.259 e. The van der Waals surface area contributed by atoms with Crippen LogP contribution in [0.25, 0.3) is 11.5 Å². The van der Waals surface area contributed by atoms with Crippen molar-refractivity contribution < 1.29 is 9.26 Å². The van der Waals surface area contributed by atoms with Crippen LogP contribution in [0.1, 0.15) is 31.1 Å². The lowest BCUT2D eigenvalue weighted by molar-refractivity contribution is -0.00549. The van der Waals surface area contributed by atoms with E-state index in [9.17, 15) is 0 Å². The molecule has 1 aliphatic rings. The summed E-state index contributed by atoms with van der Waals surface area (Å²) in [5, 5.41) is 4.35. The van der Waals surface area contributed by atoms with E-state index in [-0.39, 0.29) is 0 Å². The molecule has 0 bridgehead atoms. The summed E-state index contributed by atoms with van der Waals surface area (Å²) in [7, 11) is 0. The first-order chi connectivity index (χ1) is 9.74. The van der Waals surface area contributed by atoms with E-state index in [1.54, 1.807) is 12.3 Å². The van der Waals surface area contributed by atoms with Gasteiger partial charge in [-0.3, -0.25) is 4.98 Å². The maximum absolute atomic E-state index is 6.03. The molecule has 0 amide bonds. The van der Waals surface area contributed by atoms with E-state index in [1.165, 1.54) is 12.6 Å². The van der Waals surface area contributed by atoms with Crippen molar-refractivity contribution in [3.8, 4) is 11.5 Å². The first-order valence-corrected chi connectivity index (χ1v) is 6.92. The average molecular weight is 295 g/mol. The molecule has 1 unspecified atom stereocenters. The molecule has 0 aromatic carbocycles. The fourth-order valence-electron chi connectivity index (χ4n) is 1.90. The number of nitrogens with two attached hydrogens (primary N) is 1. The third-order valence-electron chi connectivity index (χ3n) is 3.34. The van der Waals surface area contributed by atoms with Crippen LogP contribution in [0.5, 0.6) is 0 Å². The Morgan fingerprint density at radius 1 is 1.50 bits per heavy atom. The maximum atomic E-state index is 6.03. The summed E-state index contributed by atoms with van der Waals surface area (Å²) in [5.74, 6) is 0.763. The van der Waals surface area contributed by atoms with Crippen LogP contribution in [-0.2, 0) is 4.74 Å². The van der Waals surface area contributed by atoms with Gasteiger partial charge in [0, 0.05) is 12.4 Å². The number of ether oxygens (including phenoxy) is 1. The molecule has 1 atom stereocenters. The Morgan fingerprint density at radius 2 is 2.35 bits per heavy atom. The van der Waals surface area contributed by atoms with Gasteiger partial charge in [-0.25, -0.2) is 0 Å². The Kier molecular flexibility index (Phi) is 3.95. The second-order valence-corrected chi connectivity index (χ2v) is 5.21. The molecule has 0 saturated heterocycles. The molecule has 2 aromatic heterocycles. The van der Waals surface area contributed by atoms with Crippen molar-refractivity contribution in [3.05, 3.63) is 29.3 Å². The van der Waals surface area contributed by atoms with Gasteiger partial charge in [-0.1, -0.05) is 16.8 Å². The molecular formula is C13H15ClN4O2. The highest BCUT2D eigenvalue weighted by molar-refractivity contribution is 6.32. The van der Waals surface area contributed by atoms with Crippen molar-refractivity contribution in [2.45, 2.75) is 31.4 Å². The van der Waals surface area contributed by atoms with E-state index < -0.39 is 6.04 Å². The molecule has 6 nitrogen and oxygen atoms in total. The fraction of sp³-hybridized carbons (Fsp3) is 0.462. The van der Waals surface area contributed by atoms with Crippen LogP contribution in [0.15, 0.2) is 23.0 Å². The monoisotopic (exact) mass is 294 g/mol. The predicted molar refractivity (Wildman–Crippen MR) is 73.1 cm³/mol. The summed E-state index contributed by atoms with van der Waals surface area (Å²) in [6.07, 6.45) is 6.92. The van der Waals surface area contributed by atoms with Crippen LogP contribution in [0, 0.1) is 0 Å². The lowest BCUT2D eigenvalue weighted by Crippen LogP contribution is -2.27. The van der Waals surface area contributed by atoms with Gasteiger partial charge in [-0.2, -0.15) is 4.98 Å². The number of hydrogen-bond acceptors (Lipinski definition) is 6. The second kappa shape index (κ2) is 5.87. The van der Waals surface area contributed by atoms with Crippen LogP contribution >= 0.6 is 11.6 Å². The van der Waals surface area contributed by atoms with Crippen LogP contribution in [0.2, 0.25) is 5.02 Å². The molecule has 7 heteroatoms. The number of rotatable bonds is 5. The number of pyridine rings is 1. The SMILES string of the molecule is NC(COC1CCC1)c1noc(-c2ccncc2Cl)n1. The van der Waals surface area contributed by atoms with Gasteiger partial charge >= 0.3 is 0 Å². The van der Waals surface area contributed by atoms with Gasteiger partial charge in [0.15, 0.2) is 5.82 Å². The molecule has 0 radical (unpaired) electrons. The highest BCUT2D eigenvalue weighted by atomic mass is 35.5. The van der Waals surface area contributed by atoms with Gasteiger partial charge in [-0.15, -0.1) is 0 Å². The van der Waals surface area contributed by atoms with Crippen LogP contribution in [0.3, 0.4) is 0 Å². The topological polar surface area (TPSA) is 87.1 Å². The highest BCUT2D eigenvalue weighted by Crippen LogP contribution is 2.26. The van der Waals surface area contributed by atoms with E-state index >= 15 is 0 Å². The molecule has 2 N–H and O–H groups in total. The Balaban J connectivity index is 1.68. The Morgan fingerprint density at radius 3 is 3.05 bits per heavy atom. The van der Waals surface area contributed by atoms with Crippen LogP contribution < -0.4 is 5.73 Å². The first kappa shape index (κ1) is 13.5. The predicted octanol–water partition coefficient (Wildman–Crippen LogP) is 2.35. The zero-order valence-electron chi connectivity index (χ0n) is 10.8. The molecule has 0 aliphatic heterocycles. The molecule has 1 aliphatic carbocycles. The van der Waals surface area contributed by atoms with Gasteiger partial charge in [0.25, 0.3) is 5.89 Å². The van der Waals surface area contributed by atoms with E-state index in [1.807, 2.05) is 0 Å². The highest BCUT2D eigenvalue weighted by Gasteiger charge is 2.22. The minimum atomic E-state index is -0.395. The van der Waals surface area contributed by atoms with E-state index in [0.717, 1.165) is 12.8 Å². The molecule has 20 heavy (non-hydrogen) atoms. The number of nitrogens with zero attached hydrogens (tertiary/aromatic N) is 3. The van der Waals surface area contributed by atoms with Crippen molar-refractivity contribution in [2.24, 2.45) is 5.73 Å². The fourth-order valence-corrected chi connectivity index (χ4v) is 2.10. The molecule has 1 saturated carbocycles. The van der Waals surface area contributed by atoms with Gasteiger partial charge < -0.3 is 15.0 Å². The van der Waals surface area contributed by atoms with Crippen molar-refractivity contribution in [1.82, 2.24) is 15.1 Å². The Hall–Kier alpha value is -1.50. The van der Waals surface area contributed by atoms with E-state index in [2.05, 4.69) is 15.1 Å². The van der Waals surface area contributed by atoms with E-state index in [0.29, 0.717) is 35.0 Å². The van der Waals surface area contributed by atoms with Crippen molar-refractivity contribution in [3.63, 3.8) is 0 Å².